The van der Waals surface area contributed by atoms with Crippen molar-refractivity contribution in [1.82, 2.24) is 5.32 Å². The lowest BCUT2D eigenvalue weighted by Crippen LogP contribution is -2.39. The van der Waals surface area contributed by atoms with Crippen LogP contribution in [0.2, 0.25) is 0 Å². The van der Waals surface area contributed by atoms with Crippen molar-refractivity contribution < 1.29 is 0 Å². The lowest BCUT2D eigenvalue weighted by molar-refractivity contribution is 0.508. The third-order valence-electron chi connectivity index (χ3n) is 1.39. The third kappa shape index (κ3) is 2.38. The van der Waals surface area contributed by atoms with Crippen molar-refractivity contribution in [2.45, 2.75) is 39.2 Å². The van der Waals surface area contributed by atoms with E-state index in [4.69, 9.17) is 0 Å². The Bertz CT molecular complexity index is 142. The molecule has 0 aromatic heterocycles. The molecule has 0 aromatic rings. The minimum atomic E-state index is 0.184. The van der Waals surface area contributed by atoms with Gasteiger partial charge in [-0.3, -0.25) is 4.99 Å². The van der Waals surface area contributed by atoms with Crippen molar-refractivity contribution in [3.63, 3.8) is 0 Å². The fraction of sp³-hybridized carbons (Fsp3) is 0.875. The van der Waals surface area contributed by atoms with Crippen molar-refractivity contribution in [1.29, 1.82) is 0 Å². The van der Waals surface area contributed by atoms with Crippen LogP contribution < -0.4 is 5.32 Å². The Morgan fingerprint density at radius 2 is 2.10 bits per heavy atom. The number of nitrogens with zero attached hydrogens (tertiary/aromatic N) is 1. The number of amidine groups is 1. The van der Waals surface area contributed by atoms with Gasteiger partial charge in [-0.05, 0) is 27.2 Å². The fourth-order valence-corrected chi connectivity index (χ4v) is 1.07. The summed E-state index contributed by atoms with van der Waals surface area (Å²) in [6.07, 6.45) is 2.36. The second kappa shape index (κ2) is 2.60. The van der Waals surface area contributed by atoms with E-state index >= 15 is 0 Å². The molecule has 58 valence electrons. The monoisotopic (exact) mass is 140 g/mol. The quantitative estimate of drug-likeness (QED) is 0.542. The van der Waals surface area contributed by atoms with Crippen LogP contribution in [0.25, 0.3) is 0 Å². The minimum Gasteiger partial charge on any atom is -0.369 e. The number of hydrogen-bond donors (Lipinski definition) is 1. The van der Waals surface area contributed by atoms with Crippen molar-refractivity contribution in [3.8, 4) is 0 Å². The lowest BCUT2D eigenvalue weighted by Gasteiger charge is -2.21. The number of hydrogen-bond acceptors (Lipinski definition) is 2. The van der Waals surface area contributed by atoms with Gasteiger partial charge in [-0.15, -0.1) is 0 Å². The molecule has 1 N–H and O–H groups in total. The Labute approximate surface area is 62.7 Å². The van der Waals surface area contributed by atoms with Gasteiger partial charge in [0, 0.05) is 18.5 Å². The van der Waals surface area contributed by atoms with Gasteiger partial charge in [-0.1, -0.05) is 0 Å². The Hall–Kier alpha value is -0.530. The number of aliphatic imine (C=N–C) groups is 1. The summed E-state index contributed by atoms with van der Waals surface area (Å²) >= 11 is 0. The number of nitrogens with one attached hydrogen (secondary N) is 1. The second-order valence-electron chi connectivity index (χ2n) is 3.81. The summed E-state index contributed by atoms with van der Waals surface area (Å²) in [7, 11) is 0. The molecule has 0 saturated carbocycles. The van der Waals surface area contributed by atoms with E-state index in [1.54, 1.807) is 0 Å². The Balaban J connectivity index is 2.38. The van der Waals surface area contributed by atoms with Crippen molar-refractivity contribution in [3.05, 3.63) is 0 Å². The van der Waals surface area contributed by atoms with E-state index in [0.717, 1.165) is 13.0 Å². The first kappa shape index (κ1) is 7.58. The van der Waals surface area contributed by atoms with Gasteiger partial charge in [-0.25, -0.2) is 0 Å². The van der Waals surface area contributed by atoms with Crippen LogP contribution in [0.15, 0.2) is 4.99 Å². The second-order valence-corrected chi connectivity index (χ2v) is 3.81. The summed E-state index contributed by atoms with van der Waals surface area (Å²) < 4.78 is 0. The van der Waals surface area contributed by atoms with E-state index in [2.05, 4.69) is 31.1 Å². The maximum Gasteiger partial charge on any atom is 0.0967 e. The van der Waals surface area contributed by atoms with Crippen LogP contribution in [0.3, 0.4) is 0 Å². The topological polar surface area (TPSA) is 24.4 Å². The molecule has 0 aromatic carbocycles. The van der Waals surface area contributed by atoms with E-state index in [1.807, 2.05) is 0 Å². The molecule has 0 saturated heterocycles. The van der Waals surface area contributed by atoms with E-state index in [1.165, 1.54) is 12.3 Å². The van der Waals surface area contributed by atoms with Gasteiger partial charge < -0.3 is 5.32 Å². The SMILES string of the molecule is CC(C)(C)NC1=NCCC1. The van der Waals surface area contributed by atoms with Crippen molar-refractivity contribution in [2.75, 3.05) is 6.54 Å². The standard InChI is InChI=1S/C8H16N2/c1-8(2,3)10-7-5-4-6-9-7/h4-6H2,1-3H3,(H,9,10). The summed E-state index contributed by atoms with van der Waals surface area (Å²) in [5.74, 6) is 1.19. The molecule has 0 atom stereocenters. The Kier molecular flexibility index (Phi) is 1.97. The Morgan fingerprint density at radius 1 is 1.40 bits per heavy atom. The Morgan fingerprint density at radius 3 is 2.50 bits per heavy atom. The third-order valence-corrected chi connectivity index (χ3v) is 1.39. The molecule has 1 aliphatic rings. The highest BCUT2D eigenvalue weighted by Crippen LogP contribution is 2.06. The molecule has 2 nitrogen and oxygen atoms in total. The zero-order chi connectivity index (χ0) is 7.61. The molecule has 0 aliphatic carbocycles. The highest BCUT2D eigenvalue weighted by molar-refractivity contribution is 5.84. The maximum atomic E-state index is 4.33. The summed E-state index contributed by atoms with van der Waals surface area (Å²) in [4.78, 5) is 4.33. The van der Waals surface area contributed by atoms with E-state index in [9.17, 15) is 0 Å². The summed E-state index contributed by atoms with van der Waals surface area (Å²) in [5.41, 5.74) is 0.184. The lowest BCUT2D eigenvalue weighted by atomic mass is 10.1. The van der Waals surface area contributed by atoms with Gasteiger partial charge >= 0.3 is 0 Å². The van der Waals surface area contributed by atoms with Gasteiger partial charge in [0.2, 0.25) is 0 Å². The largest absolute Gasteiger partial charge is 0.369 e. The minimum absolute atomic E-state index is 0.184. The highest BCUT2D eigenvalue weighted by Gasteiger charge is 2.13. The molecule has 2 heteroatoms. The normalized spacial score (nSPS) is 18.9. The molecule has 0 amide bonds. The van der Waals surface area contributed by atoms with Crippen LogP contribution in [0.1, 0.15) is 33.6 Å². The average molecular weight is 140 g/mol. The molecule has 0 spiro atoms. The van der Waals surface area contributed by atoms with E-state index in [0.29, 0.717) is 0 Å². The smallest absolute Gasteiger partial charge is 0.0967 e. The zero-order valence-corrected chi connectivity index (χ0v) is 7.07. The first-order chi connectivity index (χ1) is 4.58. The van der Waals surface area contributed by atoms with Crippen molar-refractivity contribution >= 4 is 5.84 Å². The molecule has 0 unspecified atom stereocenters. The molecular weight excluding hydrogens is 124 g/mol. The van der Waals surface area contributed by atoms with Crippen LogP contribution in [-0.2, 0) is 0 Å². The molecule has 1 heterocycles. The summed E-state index contributed by atoms with van der Waals surface area (Å²) in [6.45, 7) is 7.49. The molecule has 0 bridgehead atoms. The van der Waals surface area contributed by atoms with Gasteiger partial charge in [0.25, 0.3) is 0 Å². The van der Waals surface area contributed by atoms with E-state index in [-0.39, 0.29) is 5.54 Å². The maximum absolute atomic E-state index is 4.33. The van der Waals surface area contributed by atoms with Crippen LogP contribution >= 0.6 is 0 Å². The van der Waals surface area contributed by atoms with Gasteiger partial charge in [0.1, 0.15) is 0 Å². The van der Waals surface area contributed by atoms with Gasteiger partial charge in [0.15, 0.2) is 0 Å². The molecule has 1 rings (SSSR count). The molecule has 1 aliphatic heterocycles. The average Bonchev–Trinajstić information content (AvgIpc) is 2.12. The first-order valence-electron chi connectivity index (χ1n) is 3.89. The highest BCUT2D eigenvalue weighted by atomic mass is 15.1. The summed E-state index contributed by atoms with van der Waals surface area (Å²) in [6, 6.07) is 0. The molecular formula is C8H16N2. The van der Waals surface area contributed by atoms with Gasteiger partial charge in [0.05, 0.1) is 5.84 Å². The molecule has 0 fully saturated rings. The van der Waals surface area contributed by atoms with E-state index < -0.39 is 0 Å². The van der Waals surface area contributed by atoms with Crippen LogP contribution in [0.4, 0.5) is 0 Å². The zero-order valence-electron chi connectivity index (χ0n) is 7.07. The van der Waals surface area contributed by atoms with Crippen LogP contribution in [0, 0.1) is 0 Å². The van der Waals surface area contributed by atoms with Crippen molar-refractivity contribution in [2.24, 2.45) is 4.99 Å². The predicted molar refractivity (Wildman–Crippen MR) is 44.4 cm³/mol. The summed E-state index contributed by atoms with van der Waals surface area (Å²) in [5, 5.41) is 3.37. The molecule has 10 heavy (non-hydrogen) atoms. The first-order valence-corrected chi connectivity index (χ1v) is 3.89. The van der Waals surface area contributed by atoms with Crippen LogP contribution in [0.5, 0.6) is 0 Å². The van der Waals surface area contributed by atoms with Gasteiger partial charge in [-0.2, -0.15) is 0 Å². The predicted octanol–water partition coefficient (Wildman–Crippen LogP) is 1.57. The fourth-order valence-electron chi connectivity index (χ4n) is 1.07. The van der Waals surface area contributed by atoms with Crippen LogP contribution in [-0.4, -0.2) is 17.9 Å². The molecule has 0 radical (unpaired) electrons. The number of rotatable bonds is 0.